The summed E-state index contributed by atoms with van der Waals surface area (Å²) in [5.41, 5.74) is 1.99. The van der Waals surface area contributed by atoms with Crippen LogP contribution in [0.15, 0.2) is 47.1 Å². The molecule has 0 N–H and O–H groups in total. The Hall–Kier alpha value is -1.06. The van der Waals surface area contributed by atoms with Gasteiger partial charge in [-0.05, 0) is 12.1 Å². The zero-order valence-electron chi connectivity index (χ0n) is 9.07. The Morgan fingerprint density at radius 3 is 2.65 bits per heavy atom. The standard InChI is InChI=1S/C13H11BrClNO/c14-12-6-2-1-4-11(12)9-17-13-10(8-15)5-3-7-16-13/h1-7H,8-9H2. The third-order valence-corrected chi connectivity index (χ3v) is 3.38. The van der Waals surface area contributed by atoms with Gasteiger partial charge < -0.3 is 4.74 Å². The molecule has 1 heterocycles. The highest BCUT2D eigenvalue weighted by molar-refractivity contribution is 9.10. The monoisotopic (exact) mass is 311 g/mol. The SMILES string of the molecule is ClCc1cccnc1OCc1ccccc1Br. The number of ether oxygens (including phenoxy) is 1. The molecule has 0 atom stereocenters. The van der Waals surface area contributed by atoms with Gasteiger partial charge in [0.1, 0.15) is 6.61 Å². The summed E-state index contributed by atoms with van der Waals surface area (Å²) in [6, 6.07) is 11.7. The molecule has 0 aliphatic carbocycles. The Morgan fingerprint density at radius 2 is 1.88 bits per heavy atom. The minimum atomic E-state index is 0.402. The molecule has 2 rings (SSSR count). The predicted molar refractivity (Wildman–Crippen MR) is 72.3 cm³/mol. The number of aromatic nitrogens is 1. The Balaban J connectivity index is 2.10. The third-order valence-electron chi connectivity index (χ3n) is 2.32. The van der Waals surface area contributed by atoms with Crippen molar-refractivity contribution in [2.45, 2.75) is 12.5 Å². The van der Waals surface area contributed by atoms with Crippen molar-refractivity contribution in [2.24, 2.45) is 0 Å². The van der Waals surface area contributed by atoms with Crippen LogP contribution in [0.25, 0.3) is 0 Å². The van der Waals surface area contributed by atoms with Crippen LogP contribution in [0.5, 0.6) is 5.88 Å². The number of pyridine rings is 1. The molecule has 0 radical (unpaired) electrons. The average molecular weight is 313 g/mol. The highest BCUT2D eigenvalue weighted by Crippen LogP contribution is 2.21. The van der Waals surface area contributed by atoms with Crippen LogP contribution in [0.4, 0.5) is 0 Å². The Morgan fingerprint density at radius 1 is 1.12 bits per heavy atom. The highest BCUT2D eigenvalue weighted by atomic mass is 79.9. The quantitative estimate of drug-likeness (QED) is 0.791. The van der Waals surface area contributed by atoms with Crippen LogP contribution in [0.1, 0.15) is 11.1 Å². The fourth-order valence-electron chi connectivity index (χ4n) is 1.42. The molecule has 4 heteroatoms. The van der Waals surface area contributed by atoms with Crippen LogP contribution in [0.2, 0.25) is 0 Å². The molecule has 0 fully saturated rings. The number of hydrogen-bond acceptors (Lipinski definition) is 2. The lowest BCUT2D eigenvalue weighted by Gasteiger charge is -2.09. The first-order valence-electron chi connectivity index (χ1n) is 5.17. The van der Waals surface area contributed by atoms with Crippen LogP contribution in [-0.4, -0.2) is 4.98 Å². The lowest BCUT2D eigenvalue weighted by atomic mass is 10.2. The van der Waals surface area contributed by atoms with Crippen molar-refractivity contribution in [3.63, 3.8) is 0 Å². The van der Waals surface area contributed by atoms with Gasteiger partial charge in [-0.3, -0.25) is 0 Å². The highest BCUT2D eigenvalue weighted by Gasteiger charge is 2.05. The molecular formula is C13H11BrClNO. The van der Waals surface area contributed by atoms with E-state index in [9.17, 15) is 0 Å². The van der Waals surface area contributed by atoms with Crippen molar-refractivity contribution < 1.29 is 4.74 Å². The molecule has 88 valence electrons. The fourth-order valence-corrected chi connectivity index (χ4v) is 2.02. The second-order valence-electron chi connectivity index (χ2n) is 3.48. The number of hydrogen-bond donors (Lipinski definition) is 0. The molecular weight excluding hydrogens is 302 g/mol. The zero-order valence-corrected chi connectivity index (χ0v) is 11.4. The van der Waals surface area contributed by atoms with Crippen LogP contribution >= 0.6 is 27.5 Å². The van der Waals surface area contributed by atoms with Gasteiger partial charge in [-0.15, -0.1) is 11.6 Å². The average Bonchev–Trinajstić information content (AvgIpc) is 2.38. The maximum atomic E-state index is 5.82. The first-order chi connectivity index (χ1) is 8.31. The maximum Gasteiger partial charge on any atom is 0.218 e. The van der Waals surface area contributed by atoms with Gasteiger partial charge in [-0.2, -0.15) is 0 Å². The van der Waals surface area contributed by atoms with E-state index in [0.29, 0.717) is 18.4 Å². The van der Waals surface area contributed by atoms with Crippen molar-refractivity contribution in [3.05, 3.63) is 58.2 Å². The number of nitrogens with zero attached hydrogens (tertiary/aromatic N) is 1. The van der Waals surface area contributed by atoms with E-state index in [1.807, 2.05) is 36.4 Å². The lowest BCUT2D eigenvalue weighted by Crippen LogP contribution is -2.00. The summed E-state index contributed by atoms with van der Waals surface area (Å²) < 4.78 is 6.70. The Labute approximate surface area is 114 Å². The molecule has 0 saturated carbocycles. The van der Waals surface area contributed by atoms with E-state index in [-0.39, 0.29) is 0 Å². The van der Waals surface area contributed by atoms with Crippen LogP contribution in [-0.2, 0) is 12.5 Å². The van der Waals surface area contributed by atoms with E-state index in [1.165, 1.54) is 0 Å². The first-order valence-corrected chi connectivity index (χ1v) is 6.50. The summed E-state index contributed by atoms with van der Waals surface area (Å²) >= 11 is 9.29. The van der Waals surface area contributed by atoms with E-state index in [0.717, 1.165) is 15.6 Å². The molecule has 0 unspecified atom stereocenters. The third kappa shape index (κ3) is 3.20. The number of halogens is 2. The minimum Gasteiger partial charge on any atom is -0.473 e. The molecule has 0 bridgehead atoms. The Kier molecular flexibility index (Phi) is 4.40. The summed E-state index contributed by atoms with van der Waals surface area (Å²) in [4.78, 5) is 4.17. The van der Waals surface area contributed by atoms with Crippen molar-refractivity contribution in [2.75, 3.05) is 0 Å². The lowest BCUT2D eigenvalue weighted by molar-refractivity contribution is 0.290. The number of rotatable bonds is 4. The zero-order chi connectivity index (χ0) is 12.1. The van der Waals surface area contributed by atoms with Gasteiger partial charge in [0.25, 0.3) is 0 Å². The fraction of sp³-hybridized carbons (Fsp3) is 0.154. The van der Waals surface area contributed by atoms with Crippen LogP contribution in [0, 0.1) is 0 Å². The largest absolute Gasteiger partial charge is 0.473 e. The van der Waals surface area contributed by atoms with Crippen LogP contribution in [0.3, 0.4) is 0 Å². The summed E-state index contributed by atoms with van der Waals surface area (Å²) in [7, 11) is 0. The molecule has 0 saturated heterocycles. The number of benzene rings is 1. The molecule has 1 aromatic heterocycles. The van der Waals surface area contributed by atoms with Crippen molar-refractivity contribution >= 4 is 27.5 Å². The summed E-state index contributed by atoms with van der Waals surface area (Å²) in [5, 5.41) is 0. The summed E-state index contributed by atoms with van der Waals surface area (Å²) in [6.45, 7) is 0.475. The van der Waals surface area contributed by atoms with Gasteiger partial charge in [-0.25, -0.2) is 4.98 Å². The van der Waals surface area contributed by atoms with E-state index >= 15 is 0 Å². The molecule has 2 nitrogen and oxygen atoms in total. The molecule has 2 aromatic rings. The Bertz CT molecular complexity index is 504. The van der Waals surface area contributed by atoms with E-state index in [2.05, 4.69) is 20.9 Å². The van der Waals surface area contributed by atoms with Gasteiger partial charge in [0.15, 0.2) is 0 Å². The van der Waals surface area contributed by atoms with Crippen molar-refractivity contribution in [1.82, 2.24) is 4.98 Å². The second-order valence-corrected chi connectivity index (χ2v) is 4.60. The van der Waals surface area contributed by atoms with Gasteiger partial charge in [0.2, 0.25) is 5.88 Å². The number of alkyl halides is 1. The van der Waals surface area contributed by atoms with Gasteiger partial charge in [-0.1, -0.05) is 40.2 Å². The predicted octanol–water partition coefficient (Wildman–Crippen LogP) is 4.16. The summed E-state index contributed by atoms with van der Waals surface area (Å²) in [6.07, 6.45) is 1.70. The van der Waals surface area contributed by atoms with Crippen LogP contribution < -0.4 is 4.74 Å². The molecule has 0 aliphatic heterocycles. The molecule has 17 heavy (non-hydrogen) atoms. The van der Waals surface area contributed by atoms with E-state index in [1.54, 1.807) is 6.20 Å². The minimum absolute atomic E-state index is 0.402. The molecule has 1 aromatic carbocycles. The van der Waals surface area contributed by atoms with E-state index in [4.69, 9.17) is 16.3 Å². The topological polar surface area (TPSA) is 22.1 Å². The van der Waals surface area contributed by atoms with Gasteiger partial charge >= 0.3 is 0 Å². The van der Waals surface area contributed by atoms with Gasteiger partial charge in [0, 0.05) is 21.8 Å². The maximum absolute atomic E-state index is 5.82. The van der Waals surface area contributed by atoms with Crippen molar-refractivity contribution in [1.29, 1.82) is 0 Å². The van der Waals surface area contributed by atoms with E-state index < -0.39 is 0 Å². The smallest absolute Gasteiger partial charge is 0.218 e. The second kappa shape index (κ2) is 6.03. The summed E-state index contributed by atoms with van der Waals surface area (Å²) in [5.74, 6) is 0.998. The normalized spacial score (nSPS) is 10.2. The molecule has 0 spiro atoms. The molecule has 0 aliphatic rings. The van der Waals surface area contributed by atoms with Gasteiger partial charge in [0.05, 0.1) is 5.88 Å². The van der Waals surface area contributed by atoms with Crippen molar-refractivity contribution in [3.8, 4) is 5.88 Å². The molecule has 0 amide bonds. The first kappa shape index (κ1) is 12.4.